The van der Waals surface area contributed by atoms with Crippen LogP contribution in [0.3, 0.4) is 0 Å². The minimum Gasteiger partial charge on any atom is -0.387 e. The summed E-state index contributed by atoms with van der Waals surface area (Å²) in [6.45, 7) is 2.28. The van der Waals surface area contributed by atoms with Crippen LogP contribution in [0.2, 0.25) is 5.02 Å². The molecule has 1 fully saturated rings. The Morgan fingerprint density at radius 3 is 2.67 bits per heavy atom. The van der Waals surface area contributed by atoms with Crippen LogP contribution in [0.1, 0.15) is 25.0 Å². The molecule has 2 amide bonds. The van der Waals surface area contributed by atoms with Gasteiger partial charge in [0.25, 0.3) is 0 Å². The second-order valence-electron chi connectivity index (χ2n) is 4.74. The second kappa shape index (κ2) is 5.59. The zero-order valence-corrected chi connectivity index (χ0v) is 10.9. The van der Waals surface area contributed by atoms with E-state index in [1.54, 1.807) is 24.3 Å². The molecule has 98 valence electrons. The SMILES string of the molecule is CC1CC1NC(=O)NCC(O)c1ccc(Cl)cc1. The van der Waals surface area contributed by atoms with Gasteiger partial charge in [-0.25, -0.2) is 4.79 Å². The topological polar surface area (TPSA) is 61.4 Å². The first-order chi connectivity index (χ1) is 8.56. The van der Waals surface area contributed by atoms with Crippen molar-refractivity contribution < 1.29 is 9.90 Å². The van der Waals surface area contributed by atoms with Crippen LogP contribution >= 0.6 is 11.6 Å². The molecule has 1 aromatic rings. The maximum atomic E-state index is 11.5. The zero-order valence-electron chi connectivity index (χ0n) is 10.2. The summed E-state index contributed by atoms with van der Waals surface area (Å²) < 4.78 is 0. The lowest BCUT2D eigenvalue weighted by molar-refractivity contribution is 0.173. The summed E-state index contributed by atoms with van der Waals surface area (Å²) in [6.07, 6.45) is 0.317. The Hall–Kier alpha value is -1.26. The van der Waals surface area contributed by atoms with Gasteiger partial charge >= 0.3 is 6.03 Å². The van der Waals surface area contributed by atoms with E-state index in [0.717, 1.165) is 12.0 Å². The van der Waals surface area contributed by atoms with E-state index in [2.05, 4.69) is 17.6 Å². The molecule has 0 heterocycles. The Morgan fingerprint density at radius 2 is 2.11 bits per heavy atom. The number of hydrogen-bond donors (Lipinski definition) is 3. The van der Waals surface area contributed by atoms with E-state index in [0.29, 0.717) is 10.9 Å². The summed E-state index contributed by atoms with van der Waals surface area (Å²) in [5, 5.41) is 16.0. The maximum Gasteiger partial charge on any atom is 0.315 e. The van der Waals surface area contributed by atoms with E-state index >= 15 is 0 Å². The Labute approximate surface area is 111 Å². The average molecular weight is 269 g/mol. The highest BCUT2D eigenvalue weighted by molar-refractivity contribution is 6.30. The normalized spacial score (nSPS) is 23.3. The van der Waals surface area contributed by atoms with Gasteiger partial charge in [-0.1, -0.05) is 30.7 Å². The van der Waals surface area contributed by atoms with Gasteiger partial charge in [0, 0.05) is 17.6 Å². The quantitative estimate of drug-likeness (QED) is 0.783. The molecule has 3 N–H and O–H groups in total. The predicted molar refractivity (Wildman–Crippen MR) is 70.5 cm³/mol. The smallest absolute Gasteiger partial charge is 0.315 e. The van der Waals surface area contributed by atoms with Gasteiger partial charge in [-0.15, -0.1) is 0 Å². The molecule has 0 spiro atoms. The van der Waals surface area contributed by atoms with Crippen LogP contribution in [0.15, 0.2) is 24.3 Å². The maximum absolute atomic E-state index is 11.5. The van der Waals surface area contributed by atoms with Crippen molar-refractivity contribution in [2.75, 3.05) is 6.54 Å². The third kappa shape index (κ3) is 3.62. The summed E-state index contributed by atoms with van der Waals surface area (Å²) in [7, 11) is 0. The number of urea groups is 1. The minimum absolute atomic E-state index is 0.189. The van der Waals surface area contributed by atoms with Gasteiger partial charge < -0.3 is 15.7 Å². The number of carbonyl (C=O) groups is 1. The molecule has 1 saturated carbocycles. The number of rotatable bonds is 4. The van der Waals surface area contributed by atoms with Crippen molar-refractivity contribution in [3.63, 3.8) is 0 Å². The molecule has 5 heteroatoms. The number of benzene rings is 1. The molecule has 0 saturated heterocycles. The summed E-state index contributed by atoms with van der Waals surface area (Å²) >= 11 is 5.76. The van der Waals surface area contributed by atoms with Gasteiger partial charge in [-0.05, 0) is 30.0 Å². The van der Waals surface area contributed by atoms with Crippen molar-refractivity contribution in [2.24, 2.45) is 5.92 Å². The number of nitrogens with one attached hydrogen (secondary N) is 2. The highest BCUT2D eigenvalue weighted by atomic mass is 35.5. The van der Waals surface area contributed by atoms with E-state index in [1.807, 2.05) is 0 Å². The number of amides is 2. The van der Waals surface area contributed by atoms with Crippen molar-refractivity contribution in [3.8, 4) is 0 Å². The molecule has 1 aliphatic carbocycles. The molecular weight excluding hydrogens is 252 g/mol. The summed E-state index contributed by atoms with van der Waals surface area (Å²) in [6, 6.07) is 6.98. The fraction of sp³-hybridized carbons (Fsp3) is 0.462. The lowest BCUT2D eigenvalue weighted by atomic mass is 10.1. The number of carbonyl (C=O) groups excluding carboxylic acids is 1. The Kier molecular flexibility index (Phi) is 4.09. The molecule has 2 rings (SSSR count). The van der Waals surface area contributed by atoms with Crippen molar-refractivity contribution >= 4 is 17.6 Å². The van der Waals surface area contributed by atoms with Gasteiger partial charge in [0.15, 0.2) is 0 Å². The van der Waals surface area contributed by atoms with Crippen LogP contribution in [-0.2, 0) is 0 Å². The molecule has 4 nitrogen and oxygen atoms in total. The van der Waals surface area contributed by atoms with Crippen LogP contribution in [0.25, 0.3) is 0 Å². The van der Waals surface area contributed by atoms with Gasteiger partial charge in [0.05, 0.1) is 6.10 Å². The van der Waals surface area contributed by atoms with Crippen molar-refractivity contribution in [1.82, 2.24) is 10.6 Å². The fourth-order valence-corrected chi connectivity index (χ4v) is 1.86. The van der Waals surface area contributed by atoms with E-state index in [4.69, 9.17) is 11.6 Å². The molecule has 0 aromatic heterocycles. The third-order valence-corrected chi connectivity index (χ3v) is 3.39. The first-order valence-electron chi connectivity index (χ1n) is 6.04. The second-order valence-corrected chi connectivity index (χ2v) is 5.18. The summed E-state index contributed by atoms with van der Waals surface area (Å²) in [5.74, 6) is 0.567. The largest absolute Gasteiger partial charge is 0.387 e. The predicted octanol–water partition coefficient (Wildman–Crippen LogP) is 2.08. The molecule has 1 aliphatic rings. The van der Waals surface area contributed by atoms with Gasteiger partial charge in [-0.3, -0.25) is 0 Å². The van der Waals surface area contributed by atoms with Crippen LogP contribution in [-0.4, -0.2) is 23.7 Å². The van der Waals surface area contributed by atoms with Crippen LogP contribution < -0.4 is 10.6 Å². The lowest BCUT2D eigenvalue weighted by Crippen LogP contribution is -2.39. The van der Waals surface area contributed by atoms with Gasteiger partial charge in [-0.2, -0.15) is 0 Å². The highest BCUT2D eigenvalue weighted by Crippen LogP contribution is 2.28. The number of aliphatic hydroxyl groups is 1. The Balaban J connectivity index is 1.75. The molecule has 18 heavy (non-hydrogen) atoms. The number of hydrogen-bond acceptors (Lipinski definition) is 2. The standard InChI is InChI=1S/C13H17ClN2O2/c1-8-6-11(8)16-13(18)15-7-12(17)9-2-4-10(14)5-3-9/h2-5,8,11-12,17H,6-7H2,1H3,(H2,15,16,18). The summed E-state index contributed by atoms with van der Waals surface area (Å²) in [5.41, 5.74) is 0.736. The van der Waals surface area contributed by atoms with Crippen molar-refractivity contribution in [3.05, 3.63) is 34.9 Å². The molecule has 3 unspecified atom stereocenters. The van der Waals surface area contributed by atoms with Crippen LogP contribution in [0.4, 0.5) is 4.79 Å². The zero-order chi connectivity index (χ0) is 13.1. The monoisotopic (exact) mass is 268 g/mol. The van der Waals surface area contributed by atoms with Crippen LogP contribution in [0.5, 0.6) is 0 Å². The van der Waals surface area contributed by atoms with Crippen LogP contribution in [0, 0.1) is 5.92 Å². The van der Waals surface area contributed by atoms with Crippen molar-refractivity contribution in [2.45, 2.75) is 25.5 Å². The van der Waals surface area contributed by atoms with E-state index in [-0.39, 0.29) is 18.6 Å². The molecule has 0 radical (unpaired) electrons. The Bertz CT molecular complexity index is 422. The molecule has 0 bridgehead atoms. The fourth-order valence-electron chi connectivity index (χ4n) is 1.73. The van der Waals surface area contributed by atoms with Crippen molar-refractivity contribution in [1.29, 1.82) is 0 Å². The van der Waals surface area contributed by atoms with E-state index in [1.165, 1.54) is 0 Å². The van der Waals surface area contributed by atoms with E-state index in [9.17, 15) is 9.90 Å². The molecule has 0 aliphatic heterocycles. The average Bonchev–Trinajstić information content (AvgIpc) is 3.02. The lowest BCUT2D eigenvalue weighted by Gasteiger charge is -2.13. The Morgan fingerprint density at radius 1 is 1.50 bits per heavy atom. The molecule has 3 atom stereocenters. The van der Waals surface area contributed by atoms with E-state index < -0.39 is 6.10 Å². The number of aliphatic hydroxyl groups excluding tert-OH is 1. The van der Waals surface area contributed by atoms with Gasteiger partial charge in [0.2, 0.25) is 0 Å². The third-order valence-electron chi connectivity index (χ3n) is 3.14. The summed E-state index contributed by atoms with van der Waals surface area (Å²) in [4.78, 5) is 11.5. The molecule has 1 aromatic carbocycles. The highest BCUT2D eigenvalue weighted by Gasteiger charge is 2.33. The number of halogens is 1. The minimum atomic E-state index is -0.718. The molecular formula is C13H17ClN2O2. The first-order valence-corrected chi connectivity index (χ1v) is 6.42. The van der Waals surface area contributed by atoms with Gasteiger partial charge in [0.1, 0.15) is 0 Å². The first kappa shape index (κ1) is 13.2.